The maximum absolute atomic E-state index is 11.9. The number of pyridine rings is 1. The monoisotopic (exact) mass is 306 g/mol. The van der Waals surface area contributed by atoms with E-state index >= 15 is 0 Å². The molecule has 4 N–H and O–H groups in total. The summed E-state index contributed by atoms with van der Waals surface area (Å²) in [6.45, 7) is 0.623. The van der Waals surface area contributed by atoms with Crippen molar-refractivity contribution >= 4 is 17.3 Å². The van der Waals surface area contributed by atoms with Crippen LogP contribution in [0.3, 0.4) is 0 Å². The number of alkyl halides is 3. The Hall–Kier alpha value is -2.03. The summed E-state index contributed by atoms with van der Waals surface area (Å²) in [6, 6.07) is 1.51. The molecule has 118 valence electrons. The molecule has 0 aliphatic heterocycles. The molecule has 0 aliphatic carbocycles. The number of esters is 1. The van der Waals surface area contributed by atoms with Gasteiger partial charge in [0.1, 0.15) is 0 Å². The van der Waals surface area contributed by atoms with Crippen LogP contribution in [0.1, 0.15) is 16.9 Å². The summed E-state index contributed by atoms with van der Waals surface area (Å²) in [5.41, 5.74) is 6.40. The van der Waals surface area contributed by atoms with Gasteiger partial charge in [0.15, 0.2) is 5.69 Å². The normalized spacial score (nSPS) is 11.2. The molecule has 1 aromatic rings. The lowest BCUT2D eigenvalue weighted by Gasteiger charge is -2.10. The molecular weight excluding hydrogens is 289 g/mol. The van der Waals surface area contributed by atoms with Gasteiger partial charge < -0.3 is 21.1 Å². The minimum absolute atomic E-state index is 0.0198. The van der Waals surface area contributed by atoms with Crippen LogP contribution in [-0.2, 0) is 4.74 Å². The molecule has 1 heterocycles. The molecule has 1 rings (SSSR count). The fourth-order valence-electron chi connectivity index (χ4n) is 1.50. The number of carbonyl (C=O) groups is 1. The fourth-order valence-corrected chi connectivity index (χ4v) is 1.50. The first kappa shape index (κ1) is 17.0. The van der Waals surface area contributed by atoms with E-state index in [0.717, 1.165) is 0 Å². The molecule has 0 atom stereocenters. The molecule has 0 fully saturated rings. The third-order valence-corrected chi connectivity index (χ3v) is 2.51. The fraction of sp³-hybridized carbons (Fsp3) is 0.500. The first-order valence-electron chi connectivity index (χ1n) is 6.18. The number of halogens is 3. The number of hydrogen-bond donors (Lipinski definition) is 3. The highest BCUT2D eigenvalue weighted by molar-refractivity contribution is 5.93. The molecule has 1 aromatic heterocycles. The van der Waals surface area contributed by atoms with E-state index in [-0.39, 0.29) is 17.9 Å². The van der Waals surface area contributed by atoms with Crippen LogP contribution in [0.4, 0.5) is 24.5 Å². The maximum atomic E-state index is 11.9. The number of hydrogen-bond acceptors (Lipinski definition) is 6. The quantitative estimate of drug-likeness (QED) is 0.521. The average molecular weight is 306 g/mol. The van der Waals surface area contributed by atoms with E-state index in [1.807, 2.05) is 0 Å². The van der Waals surface area contributed by atoms with Crippen molar-refractivity contribution < 1.29 is 22.7 Å². The molecule has 9 heteroatoms. The Bertz CT molecular complexity index is 480. The third kappa shape index (κ3) is 6.30. The van der Waals surface area contributed by atoms with Crippen molar-refractivity contribution in [1.82, 2.24) is 10.3 Å². The molecular formula is C12H17F3N4O2. The Labute approximate surface area is 119 Å². The standard InChI is InChI=1S/C12H17F3N4O2/c1-21-11(20)10-9(16)6-8(7-19-10)18-5-4-17-3-2-12(13,14)15/h6-7,17-18H,2-5,16H2,1H3. The Kier molecular flexibility index (Phi) is 6.22. The molecule has 0 bridgehead atoms. The van der Waals surface area contributed by atoms with Gasteiger partial charge in [0, 0.05) is 19.6 Å². The molecule has 21 heavy (non-hydrogen) atoms. The number of nitrogen functional groups attached to an aromatic ring is 1. The van der Waals surface area contributed by atoms with Crippen LogP contribution in [0.25, 0.3) is 0 Å². The van der Waals surface area contributed by atoms with Crippen molar-refractivity contribution in [2.75, 3.05) is 37.8 Å². The van der Waals surface area contributed by atoms with Crippen molar-refractivity contribution in [3.05, 3.63) is 18.0 Å². The molecule has 0 aromatic carbocycles. The summed E-state index contributed by atoms with van der Waals surface area (Å²) < 4.78 is 40.2. The molecule has 6 nitrogen and oxygen atoms in total. The van der Waals surface area contributed by atoms with Crippen LogP contribution in [0.2, 0.25) is 0 Å². The summed E-state index contributed by atoms with van der Waals surface area (Å²) in [4.78, 5) is 15.1. The van der Waals surface area contributed by atoms with E-state index in [4.69, 9.17) is 5.73 Å². The molecule has 0 spiro atoms. The smallest absolute Gasteiger partial charge is 0.390 e. The van der Waals surface area contributed by atoms with Gasteiger partial charge in [-0.2, -0.15) is 13.2 Å². The topological polar surface area (TPSA) is 89.3 Å². The zero-order chi connectivity index (χ0) is 15.9. The lowest BCUT2D eigenvalue weighted by Crippen LogP contribution is -2.26. The Morgan fingerprint density at radius 1 is 1.38 bits per heavy atom. The van der Waals surface area contributed by atoms with Gasteiger partial charge >= 0.3 is 12.1 Å². The van der Waals surface area contributed by atoms with Gasteiger partial charge in [-0.15, -0.1) is 0 Å². The van der Waals surface area contributed by atoms with Gasteiger partial charge in [-0.25, -0.2) is 9.78 Å². The number of aromatic nitrogens is 1. The lowest BCUT2D eigenvalue weighted by atomic mass is 10.3. The highest BCUT2D eigenvalue weighted by atomic mass is 19.4. The molecule has 0 saturated carbocycles. The van der Waals surface area contributed by atoms with Crippen LogP contribution in [0, 0.1) is 0 Å². The van der Waals surface area contributed by atoms with Crippen molar-refractivity contribution in [1.29, 1.82) is 0 Å². The Balaban J connectivity index is 2.33. The Morgan fingerprint density at radius 3 is 2.67 bits per heavy atom. The molecule has 0 unspecified atom stereocenters. The molecule has 0 saturated heterocycles. The predicted octanol–water partition coefficient (Wildman–Crippen LogP) is 1.40. The van der Waals surface area contributed by atoms with Gasteiger partial charge in [-0.05, 0) is 6.07 Å². The van der Waals surface area contributed by atoms with Crippen molar-refractivity contribution in [2.45, 2.75) is 12.6 Å². The zero-order valence-electron chi connectivity index (χ0n) is 11.5. The van der Waals surface area contributed by atoms with Gasteiger partial charge in [-0.3, -0.25) is 0 Å². The second kappa shape index (κ2) is 7.67. The van der Waals surface area contributed by atoms with Crippen LogP contribution in [-0.4, -0.2) is 43.9 Å². The highest BCUT2D eigenvalue weighted by Crippen LogP contribution is 2.18. The number of nitrogens with one attached hydrogen (secondary N) is 2. The summed E-state index contributed by atoms with van der Waals surface area (Å²) in [6.07, 6.45) is -3.61. The largest absolute Gasteiger partial charge is 0.464 e. The van der Waals surface area contributed by atoms with Crippen molar-refractivity contribution in [3.8, 4) is 0 Å². The average Bonchev–Trinajstić information content (AvgIpc) is 2.41. The van der Waals surface area contributed by atoms with Gasteiger partial charge in [0.2, 0.25) is 0 Å². The SMILES string of the molecule is COC(=O)c1ncc(NCCNCCC(F)(F)F)cc1N. The van der Waals surface area contributed by atoms with Crippen molar-refractivity contribution in [3.63, 3.8) is 0 Å². The minimum Gasteiger partial charge on any atom is -0.464 e. The van der Waals surface area contributed by atoms with Crippen LogP contribution >= 0.6 is 0 Å². The first-order valence-corrected chi connectivity index (χ1v) is 6.18. The van der Waals surface area contributed by atoms with E-state index < -0.39 is 18.6 Å². The predicted molar refractivity (Wildman–Crippen MR) is 72.0 cm³/mol. The maximum Gasteiger partial charge on any atom is 0.390 e. The second-order valence-corrected chi connectivity index (χ2v) is 4.20. The minimum atomic E-state index is -4.15. The number of nitrogens with two attached hydrogens (primary N) is 1. The number of carbonyl (C=O) groups excluding carboxylic acids is 1. The van der Waals surface area contributed by atoms with Crippen LogP contribution in [0.15, 0.2) is 12.3 Å². The van der Waals surface area contributed by atoms with E-state index in [1.165, 1.54) is 19.4 Å². The van der Waals surface area contributed by atoms with Crippen LogP contribution < -0.4 is 16.4 Å². The van der Waals surface area contributed by atoms with Crippen molar-refractivity contribution in [2.24, 2.45) is 0 Å². The number of rotatable bonds is 7. The summed E-state index contributed by atoms with van der Waals surface area (Å²) in [5.74, 6) is -0.632. The summed E-state index contributed by atoms with van der Waals surface area (Å²) >= 11 is 0. The number of ether oxygens (including phenoxy) is 1. The molecule has 0 radical (unpaired) electrons. The van der Waals surface area contributed by atoms with E-state index in [9.17, 15) is 18.0 Å². The number of nitrogens with zero attached hydrogens (tertiary/aromatic N) is 1. The second-order valence-electron chi connectivity index (χ2n) is 4.20. The first-order chi connectivity index (χ1) is 9.83. The van der Waals surface area contributed by atoms with E-state index in [1.54, 1.807) is 0 Å². The summed E-state index contributed by atoms with van der Waals surface area (Å²) in [5, 5.41) is 5.59. The lowest BCUT2D eigenvalue weighted by molar-refractivity contribution is -0.133. The van der Waals surface area contributed by atoms with Gasteiger partial charge in [0.25, 0.3) is 0 Å². The zero-order valence-corrected chi connectivity index (χ0v) is 11.5. The van der Waals surface area contributed by atoms with E-state index in [0.29, 0.717) is 18.8 Å². The van der Waals surface area contributed by atoms with Gasteiger partial charge in [-0.1, -0.05) is 0 Å². The van der Waals surface area contributed by atoms with Gasteiger partial charge in [0.05, 0.1) is 31.1 Å². The highest BCUT2D eigenvalue weighted by Gasteiger charge is 2.25. The van der Waals surface area contributed by atoms with Crippen LogP contribution in [0.5, 0.6) is 0 Å². The third-order valence-electron chi connectivity index (χ3n) is 2.51. The Morgan fingerprint density at radius 2 is 2.10 bits per heavy atom. The molecule has 0 aliphatic rings. The summed E-state index contributed by atoms with van der Waals surface area (Å²) in [7, 11) is 1.22. The number of methoxy groups -OCH3 is 1. The number of anilines is 2. The molecule has 0 amide bonds. The van der Waals surface area contributed by atoms with E-state index in [2.05, 4.69) is 20.4 Å².